The Bertz CT molecular complexity index is 1480. The highest BCUT2D eigenvalue weighted by atomic mass is 32.2. The van der Waals surface area contributed by atoms with Crippen LogP contribution in [0.15, 0.2) is 71.8 Å². The Hall–Kier alpha value is -3.85. The van der Waals surface area contributed by atoms with Crippen molar-refractivity contribution < 1.29 is 32.2 Å². The van der Waals surface area contributed by atoms with E-state index >= 15 is 0 Å². The minimum Gasteiger partial charge on any atom is -0.497 e. The van der Waals surface area contributed by atoms with Gasteiger partial charge in [-0.2, -0.15) is 0 Å². The van der Waals surface area contributed by atoms with E-state index < -0.39 is 27.6 Å². The zero-order chi connectivity index (χ0) is 24.5. The second kappa shape index (κ2) is 9.18. The van der Waals surface area contributed by atoms with Crippen molar-refractivity contribution in [1.82, 2.24) is 3.97 Å². The molecule has 0 unspecified atom stereocenters. The van der Waals surface area contributed by atoms with E-state index in [2.05, 4.69) is 0 Å². The number of aromatic nitrogens is 1. The maximum atomic E-state index is 14.7. The zero-order valence-corrected chi connectivity index (χ0v) is 19.3. The average molecular weight is 484 g/mol. The van der Waals surface area contributed by atoms with Crippen LogP contribution in [0.1, 0.15) is 12.0 Å². The fourth-order valence-electron chi connectivity index (χ4n) is 3.94. The van der Waals surface area contributed by atoms with E-state index in [0.717, 1.165) is 10.0 Å². The number of halogens is 1. The quantitative estimate of drug-likeness (QED) is 0.390. The molecule has 0 radical (unpaired) electrons. The number of fused-ring (bicyclic) bond motifs is 1. The Morgan fingerprint density at radius 2 is 1.76 bits per heavy atom. The van der Waals surface area contributed by atoms with Crippen LogP contribution in [0, 0.1) is 5.82 Å². The van der Waals surface area contributed by atoms with Crippen LogP contribution < -0.4 is 9.47 Å². The van der Waals surface area contributed by atoms with Gasteiger partial charge >= 0.3 is 5.97 Å². The van der Waals surface area contributed by atoms with Gasteiger partial charge in [-0.1, -0.05) is 30.3 Å². The van der Waals surface area contributed by atoms with Crippen LogP contribution in [-0.4, -0.2) is 37.7 Å². The largest absolute Gasteiger partial charge is 0.497 e. The van der Waals surface area contributed by atoms with Gasteiger partial charge in [0.1, 0.15) is 10.6 Å². The molecule has 0 bridgehead atoms. The molecule has 1 heterocycles. The Balaban J connectivity index is 2.02. The van der Waals surface area contributed by atoms with Gasteiger partial charge in [0.05, 0.1) is 19.7 Å². The Kier molecular flexibility index (Phi) is 6.30. The minimum atomic E-state index is -4.38. The van der Waals surface area contributed by atoms with Crippen LogP contribution in [0.4, 0.5) is 4.39 Å². The van der Waals surface area contributed by atoms with Crippen molar-refractivity contribution in [2.45, 2.75) is 17.7 Å². The summed E-state index contributed by atoms with van der Waals surface area (Å²) in [6.07, 6.45) is 1.30. The number of ether oxygens (including phenoxy) is 2. The third-order valence-electron chi connectivity index (χ3n) is 5.54. The maximum absolute atomic E-state index is 14.7. The normalized spacial score (nSPS) is 11.5. The summed E-state index contributed by atoms with van der Waals surface area (Å²) in [7, 11) is -1.69. The van der Waals surface area contributed by atoms with Crippen molar-refractivity contribution in [2.24, 2.45) is 0 Å². The predicted octanol–water partition coefficient (Wildman–Crippen LogP) is 4.72. The van der Waals surface area contributed by atoms with Crippen molar-refractivity contribution in [3.63, 3.8) is 0 Å². The first-order valence-corrected chi connectivity index (χ1v) is 11.8. The number of nitrogens with zero attached hydrogens (tertiary/aromatic N) is 1. The molecule has 4 aromatic rings. The first kappa shape index (κ1) is 23.3. The van der Waals surface area contributed by atoms with E-state index in [9.17, 15) is 17.6 Å². The molecule has 0 aliphatic carbocycles. The molecular weight excluding hydrogens is 461 g/mol. The molecule has 0 aliphatic heterocycles. The summed E-state index contributed by atoms with van der Waals surface area (Å²) in [6, 6.07) is 16.1. The molecule has 4 rings (SSSR count). The van der Waals surface area contributed by atoms with Gasteiger partial charge in [-0.05, 0) is 47.9 Å². The standard InChI is InChI=1S/C25H22FNO6S/c1-32-18-9-12-22-20(14-18)17(8-13-23(28)29)15-27(22)34(30,31)25-19(16-6-4-3-5-7-16)10-11-21(26)24(25)33-2/h3-7,9-12,14-15H,8,13H2,1-2H3,(H,28,29). The average Bonchev–Trinajstić information content (AvgIpc) is 3.21. The van der Waals surface area contributed by atoms with Crippen LogP contribution in [0.3, 0.4) is 0 Å². The van der Waals surface area contributed by atoms with Gasteiger partial charge in [-0.15, -0.1) is 0 Å². The van der Waals surface area contributed by atoms with Crippen molar-refractivity contribution in [3.05, 3.63) is 78.2 Å². The monoisotopic (exact) mass is 483 g/mol. The van der Waals surface area contributed by atoms with Crippen molar-refractivity contribution in [2.75, 3.05) is 14.2 Å². The van der Waals surface area contributed by atoms with Crippen LogP contribution in [0.5, 0.6) is 11.5 Å². The number of carboxylic acid groups (broad SMARTS) is 1. The van der Waals surface area contributed by atoms with Gasteiger partial charge in [0.15, 0.2) is 11.6 Å². The lowest BCUT2D eigenvalue weighted by molar-refractivity contribution is -0.136. The van der Waals surface area contributed by atoms with Crippen molar-refractivity contribution in [1.29, 1.82) is 0 Å². The number of aliphatic carboxylic acids is 1. The number of benzene rings is 3. The summed E-state index contributed by atoms with van der Waals surface area (Å²) < 4.78 is 54.4. The molecule has 176 valence electrons. The van der Waals surface area contributed by atoms with E-state index in [1.54, 1.807) is 48.5 Å². The fourth-order valence-corrected chi connectivity index (χ4v) is 5.70. The predicted molar refractivity (Wildman–Crippen MR) is 125 cm³/mol. The van der Waals surface area contributed by atoms with Gasteiger partial charge in [-0.3, -0.25) is 4.79 Å². The third kappa shape index (κ3) is 4.10. The number of methoxy groups -OCH3 is 2. The summed E-state index contributed by atoms with van der Waals surface area (Å²) in [5, 5.41) is 9.67. The molecule has 34 heavy (non-hydrogen) atoms. The molecule has 0 aliphatic rings. The van der Waals surface area contributed by atoms with E-state index in [1.165, 1.54) is 26.5 Å². The molecule has 0 saturated heterocycles. The highest BCUT2D eigenvalue weighted by Gasteiger charge is 2.30. The summed E-state index contributed by atoms with van der Waals surface area (Å²) in [6.45, 7) is 0. The van der Waals surface area contributed by atoms with E-state index in [-0.39, 0.29) is 23.3 Å². The lowest BCUT2D eigenvalue weighted by atomic mass is 10.1. The Labute approximate surface area is 196 Å². The van der Waals surface area contributed by atoms with E-state index in [1.807, 2.05) is 0 Å². The molecular formula is C25H22FNO6S. The van der Waals surface area contributed by atoms with E-state index in [0.29, 0.717) is 27.8 Å². The molecule has 9 heteroatoms. The first-order chi connectivity index (χ1) is 16.3. The fraction of sp³-hybridized carbons (Fsp3) is 0.160. The molecule has 7 nitrogen and oxygen atoms in total. The van der Waals surface area contributed by atoms with Gasteiger partial charge in [0.2, 0.25) is 0 Å². The Morgan fingerprint density at radius 3 is 2.41 bits per heavy atom. The topological polar surface area (TPSA) is 94.8 Å². The molecule has 0 amide bonds. The lowest BCUT2D eigenvalue weighted by Crippen LogP contribution is -2.15. The molecule has 3 aromatic carbocycles. The maximum Gasteiger partial charge on any atom is 0.303 e. The number of hydrogen-bond donors (Lipinski definition) is 1. The molecule has 0 spiro atoms. The number of carbonyl (C=O) groups is 1. The summed E-state index contributed by atoms with van der Waals surface area (Å²) in [5.41, 5.74) is 1.67. The smallest absolute Gasteiger partial charge is 0.303 e. The second-order valence-electron chi connectivity index (χ2n) is 7.56. The number of carboxylic acids is 1. The number of rotatable bonds is 8. The van der Waals surface area contributed by atoms with Crippen molar-refractivity contribution >= 4 is 26.9 Å². The minimum absolute atomic E-state index is 0.105. The second-order valence-corrected chi connectivity index (χ2v) is 9.31. The number of aryl methyl sites for hydroxylation is 1. The third-order valence-corrected chi connectivity index (χ3v) is 7.28. The van der Waals surface area contributed by atoms with Gasteiger partial charge < -0.3 is 14.6 Å². The molecule has 1 aromatic heterocycles. The first-order valence-electron chi connectivity index (χ1n) is 10.3. The van der Waals surface area contributed by atoms with Crippen LogP contribution in [0.2, 0.25) is 0 Å². The van der Waals surface area contributed by atoms with Crippen LogP contribution in [-0.2, 0) is 21.2 Å². The van der Waals surface area contributed by atoms with Crippen LogP contribution in [0.25, 0.3) is 22.0 Å². The lowest BCUT2D eigenvalue weighted by Gasteiger charge is -2.17. The zero-order valence-electron chi connectivity index (χ0n) is 18.5. The molecule has 1 N–H and O–H groups in total. The SMILES string of the molecule is COc1ccc2c(c1)c(CCC(=O)O)cn2S(=O)(=O)c1c(-c2ccccc2)ccc(F)c1OC. The molecule has 0 fully saturated rings. The van der Waals surface area contributed by atoms with Gasteiger partial charge in [-0.25, -0.2) is 16.8 Å². The van der Waals surface area contributed by atoms with Crippen LogP contribution >= 0.6 is 0 Å². The molecule has 0 atom stereocenters. The van der Waals surface area contributed by atoms with Gasteiger partial charge in [0, 0.05) is 23.6 Å². The number of hydrogen-bond acceptors (Lipinski definition) is 5. The summed E-state index contributed by atoms with van der Waals surface area (Å²) in [4.78, 5) is 10.9. The molecule has 0 saturated carbocycles. The summed E-state index contributed by atoms with van der Waals surface area (Å²) >= 11 is 0. The summed E-state index contributed by atoms with van der Waals surface area (Å²) in [5.74, 6) is -1.73. The highest BCUT2D eigenvalue weighted by Crippen LogP contribution is 2.39. The Morgan fingerprint density at radius 1 is 1.03 bits per heavy atom. The highest BCUT2D eigenvalue weighted by molar-refractivity contribution is 7.90. The van der Waals surface area contributed by atoms with Gasteiger partial charge in [0.25, 0.3) is 10.0 Å². The van der Waals surface area contributed by atoms with E-state index in [4.69, 9.17) is 14.6 Å². The van der Waals surface area contributed by atoms with Crippen molar-refractivity contribution in [3.8, 4) is 22.6 Å².